The summed E-state index contributed by atoms with van der Waals surface area (Å²) in [6.45, 7) is -1.65. The number of phosphoric ester groups is 2. The summed E-state index contributed by atoms with van der Waals surface area (Å²) in [5, 5.41) is 22.2. The van der Waals surface area contributed by atoms with E-state index in [4.69, 9.17) is 39.0 Å². The molecule has 242 valence electrons. The first-order chi connectivity index (χ1) is 21.3. The first kappa shape index (κ1) is 30.2. The maximum Gasteiger partial charge on any atom is 0.472 e. The summed E-state index contributed by atoms with van der Waals surface area (Å²) in [6, 6.07) is 0. The first-order valence-electron chi connectivity index (χ1n) is 13.0. The van der Waals surface area contributed by atoms with Crippen molar-refractivity contribution in [3.63, 3.8) is 0 Å². The third kappa shape index (κ3) is 5.31. The summed E-state index contributed by atoms with van der Waals surface area (Å²) < 4.78 is 60.9. The van der Waals surface area contributed by atoms with Gasteiger partial charge in [0, 0.05) is 0 Å². The molecule has 23 nitrogen and oxygen atoms in total. The lowest BCUT2D eigenvalue weighted by molar-refractivity contribution is -0.0664. The zero-order chi connectivity index (χ0) is 31.8. The zero-order valence-corrected chi connectivity index (χ0v) is 24.2. The van der Waals surface area contributed by atoms with Gasteiger partial charge in [-0.1, -0.05) is 0 Å². The van der Waals surface area contributed by atoms with Gasteiger partial charge in [-0.15, -0.1) is 0 Å². The van der Waals surface area contributed by atoms with Crippen LogP contribution in [0.25, 0.3) is 22.3 Å². The van der Waals surface area contributed by atoms with Crippen LogP contribution in [0.5, 0.6) is 0 Å². The normalized spacial score (nSPS) is 37.7. The fraction of sp³-hybridized carbons (Fsp3) is 0.500. The molecule has 7 heterocycles. The standard InChI is InChI=1S/C20H24N10O13P2/c21-14-8-15(24-3-23-14)29(4-25-8)18-10(31)12-6(40-18)1-38-45(36,37)43-13-7(2-39-44(34,35)42-12)41-19(11(13)32)30-5-26-9-16(30)27-20(22)28-17(9)33/h3-7,10-13,18-19,31-32H,1-2H2,(H,34,35)(H,36,37)(H2,21,23,24)(H3,22,27,28,33)/t6-,7-,10-,11-,12-,13-,18?,19-/m1/s1. The number of anilines is 2. The highest BCUT2D eigenvalue weighted by Crippen LogP contribution is 2.53. The lowest BCUT2D eigenvalue weighted by atomic mass is 10.1. The van der Waals surface area contributed by atoms with Crippen LogP contribution in [-0.2, 0) is 36.7 Å². The van der Waals surface area contributed by atoms with Crippen LogP contribution >= 0.6 is 15.6 Å². The SMILES string of the molecule is Nc1nc2c(ncn2[C@@H]2O[C@@H]3COP(=O)(O)O[C@@H]4[C@@H](COP(=O)(O)O[C@H]3[C@H]2O)OC(n2cnc3c(N)ncnc32)[C@@H]4O)c(=O)[nH]1. The summed E-state index contributed by atoms with van der Waals surface area (Å²) in [4.78, 5) is 55.6. The smallest absolute Gasteiger partial charge is 0.386 e. The number of aromatic nitrogens is 8. The molecule has 3 aliphatic rings. The molecule has 0 radical (unpaired) electrons. The molecule has 3 aliphatic heterocycles. The Hall–Kier alpha value is -3.44. The van der Waals surface area contributed by atoms with E-state index in [2.05, 4.69) is 29.9 Å². The molecule has 9 N–H and O–H groups in total. The molecule has 0 aliphatic carbocycles. The third-order valence-corrected chi connectivity index (χ3v) is 9.29. The van der Waals surface area contributed by atoms with Crippen molar-refractivity contribution in [3.05, 3.63) is 29.3 Å². The van der Waals surface area contributed by atoms with Crippen LogP contribution in [0.1, 0.15) is 12.5 Å². The average Bonchev–Trinajstić information content (AvgIpc) is 3.72. The Kier molecular flexibility index (Phi) is 7.27. The van der Waals surface area contributed by atoms with E-state index in [1.54, 1.807) is 0 Å². The number of aliphatic hydroxyl groups is 2. The van der Waals surface area contributed by atoms with Gasteiger partial charge in [-0.25, -0.2) is 29.1 Å². The predicted octanol–water partition coefficient (Wildman–Crippen LogP) is -2.34. The fourth-order valence-corrected chi connectivity index (χ4v) is 7.25. The quantitative estimate of drug-likeness (QED) is 0.109. The van der Waals surface area contributed by atoms with E-state index in [-0.39, 0.29) is 34.1 Å². The monoisotopic (exact) mass is 674 g/mol. The molecule has 3 fully saturated rings. The second-order valence-corrected chi connectivity index (χ2v) is 13.0. The summed E-state index contributed by atoms with van der Waals surface area (Å²) >= 11 is 0. The third-order valence-electron chi connectivity index (χ3n) is 7.32. The van der Waals surface area contributed by atoms with Gasteiger partial charge in [0.05, 0.1) is 25.9 Å². The van der Waals surface area contributed by atoms with E-state index in [0.29, 0.717) is 0 Å². The molecule has 0 spiro atoms. The maximum absolute atomic E-state index is 13.1. The van der Waals surface area contributed by atoms with E-state index < -0.39 is 83.5 Å². The van der Waals surface area contributed by atoms with Crippen molar-refractivity contribution in [1.29, 1.82) is 0 Å². The molecule has 4 aromatic heterocycles. The Bertz CT molecular complexity index is 1940. The Morgan fingerprint density at radius 1 is 0.822 bits per heavy atom. The number of H-pyrrole nitrogens is 1. The Balaban J connectivity index is 1.17. The molecule has 0 bridgehead atoms. The van der Waals surface area contributed by atoms with E-state index in [1.807, 2.05) is 0 Å². The van der Waals surface area contributed by atoms with Crippen LogP contribution in [0.15, 0.2) is 23.8 Å². The molecule has 3 saturated heterocycles. The number of nitrogen functional groups attached to an aromatic ring is 2. The van der Waals surface area contributed by atoms with Gasteiger partial charge in [0.2, 0.25) is 5.95 Å². The molecular formula is C20H24N10O13P2. The van der Waals surface area contributed by atoms with Crippen molar-refractivity contribution in [3.8, 4) is 0 Å². The lowest BCUT2D eigenvalue weighted by Gasteiger charge is -2.27. The van der Waals surface area contributed by atoms with Gasteiger partial charge < -0.3 is 40.9 Å². The minimum absolute atomic E-state index is 0.0383. The molecule has 7 rings (SSSR count). The van der Waals surface area contributed by atoms with Gasteiger partial charge in [-0.2, -0.15) is 4.98 Å². The molecule has 0 amide bonds. The number of nitrogens with two attached hydrogens (primary N) is 2. The number of aromatic amines is 1. The van der Waals surface area contributed by atoms with E-state index >= 15 is 0 Å². The first-order valence-corrected chi connectivity index (χ1v) is 15.9. The van der Waals surface area contributed by atoms with Crippen molar-refractivity contribution < 1.29 is 56.7 Å². The number of imidazole rings is 2. The number of aliphatic hydroxyl groups excluding tert-OH is 2. The van der Waals surface area contributed by atoms with Crippen LogP contribution < -0.4 is 17.0 Å². The molecule has 45 heavy (non-hydrogen) atoms. The number of fused-ring (bicyclic) bond motifs is 4. The minimum atomic E-state index is -5.06. The van der Waals surface area contributed by atoms with Crippen molar-refractivity contribution in [2.75, 3.05) is 24.7 Å². The van der Waals surface area contributed by atoms with Crippen LogP contribution in [0, 0.1) is 0 Å². The topological polar surface area (TPSA) is 330 Å². The number of hydrogen-bond acceptors (Lipinski definition) is 18. The highest BCUT2D eigenvalue weighted by Gasteiger charge is 2.54. The van der Waals surface area contributed by atoms with Gasteiger partial charge in [-0.05, 0) is 0 Å². The van der Waals surface area contributed by atoms with Crippen molar-refractivity contribution in [1.82, 2.24) is 39.0 Å². The Labute approximate surface area is 248 Å². The molecule has 25 heteroatoms. The van der Waals surface area contributed by atoms with Gasteiger partial charge in [0.1, 0.15) is 48.5 Å². The number of ether oxygens (including phenoxy) is 2. The number of phosphoric acid groups is 2. The van der Waals surface area contributed by atoms with Crippen molar-refractivity contribution >= 4 is 49.7 Å². The average molecular weight is 674 g/mol. The highest BCUT2D eigenvalue weighted by atomic mass is 31.2. The lowest BCUT2D eigenvalue weighted by Crippen LogP contribution is -2.39. The van der Waals surface area contributed by atoms with Gasteiger partial charge in [-0.3, -0.25) is 37.0 Å². The Morgan fingerprint density at radius 2 is 1.36 bits per heavy atom. The van der Waals surface area contributed by atoms with Gasteiger partial charge >= 0.3 is 15.6 Å². The van der Waals surface area contributed by atoms with E-state index in [1.165, 1.54) is 10.9 Å². The van der Waals surface area contributed by atoms with Crippen molar-refractivity contribution in [2.24, 2.45) is 0 Å². The molecule has 0 aromatic carbocycles. The number of rotatable bonds is 2. The summed E-state index contributed by atoms with van der Waals surface area (Å²) in [6.07, 6.45) is -9.11. The molecule has 3 unspecified atom stereocenters. The minimum Gasteiger partial charge on any atom is -0.386 e. The highest BCUT2D eigenvalue weighted by molar-refractivity contribution is 7.47. The molecule has 4 aromatic rings. The fourth-order valence-electron chi connectivity index (χ4n) is 5.32. The second kappa shape index (κ2) is 10.8. The summed E-state index contributed by atoms with van der Waals surface area (Å²) in [7, 11) is -10.1. The summed E-state index contributed by atoms with van der Waals surface area (Å²) in [5.41, 5.74) is 10.8. The number of hydrogen-bond donors (Lipinski definition) is 7. The second-order valence-electron chi connectivity index (χ2n) is 10.1. The van der Waals surface area contributed by atoms with Gasteiger partial charge in [0.15, 0.2) is 35.1 Å². The zero-order valence-electron chi connectivity index (χ0n) is 22.4. The van der Waals surface area contributed by atoms with Crippen LogP contribution in [-0.4, -0.2) is 109 Å². The largest absolute Gasteiger partial charge is 0.472 e. The summed E-state index contributed by atoms with van der Waals surface area (Å²) in [5.74, 6) is -0.230. The van der Waals surface area contributed by atoms with Gasteiger partial charge in [0.25, 0.3) is 5.56 Å². The van der Waals surface area contributed by atoms with Crippen LogP contribution in [0.3, 0.4) is 0 Å². The number of nitrogens with one attached hydrogen (secondary N) is 1. The Morgan fingerprint density at radius 3 is 1.93 bits per heavy atom. The number of nitrogens with zero attached hydrogens (tertiary/aromatic N) is 7. The maximum atomic E-state index is 13.1. The van der Waals surface area contributed by atoms with Crippen LogP contribution in [0.2, 0.25) is 0 Å². The van der Waals surface area contributed by atoms with E-state index in [9.17, 15) is 33.9 Å². The molecular weight excluding hydrogens is 650 g/mol. The van der Waals surface area contributed by atoms with Crippen molar-refractivity contribution in [2.45, 2.75) is 49.1 Å². The molecule has 10 atom stereocenters. The van der Waals surface area contributed by atoms with E-state index in [0.717, 1.165) is 17.2 Å². The van der Waals surface area contributed by atoms with Crippen LogP contribution in [0.4, 0.5) is 11.8 Å². The predicted molar refractivity (Wildman–Crippen MR) is 143 cm³/mol. The molecule has 0 saturated carbocycles.